The van der Waals surface area contributed by atoms with Crippen molar-refractivity contribution in [2.75, 3.05) is 19.0 Å². The number of benzene rings is 1. The number of methoxy groups -OCH3 is 1. The molecule has 0 aliphatic heterocycles. The van der Waals surface area contributed by atoms with Gasteiger partial charge in [0.25, 0.3) is 0 Å². The number of thiophene rings is 1. The van der Waals surface area contributed by atoms with E-state index in [0.717, 1.165) is 27.6 Å². The summed E-state index contributed by atoms with van der Waals surface area (Å²) in [6, 6.07) is 10.6. The monoisotopic (exact) mass is 373 g/mol. The number of hydrogen-bond acceptors (Lipinski definition) is 6. The smallest absolute Gasteiger partial charge is 0.142 e. The summed E-state index contributed by atoms with van der Waals surface area (Å²) in [6.07, 6.45) is 0. The molecule has 6 heteroatoms. The Labute approximate surface area is 157 Å². The molecule has 0 fully saturated rings. The van der Waals surface area contributed by atoms with Gasteiger partial charge in [-0.15, -0.1) is 23.1 Å². The first-order valence-corrected chi connectivity index (χ1v) is 10.1. The molecule has 0 aliphatic carbocycles. The number of aromatic nitrogens is 2. The Morgan fingerprint density at radius 3 is 2.68 bits per heavy atom. The second-order valence-electron chi connectivity index (χ2n) is 6.05. The van der Waals surface area contributed by atoms with Crippen LogP contribution in [0.5, 0.6) is 0 Å². The maximum atomic E-state index is 5.25. The molecule has 4 nitrogen and oxygen atoms in total. The zero-order valence-electron chi connectivity index (χ0n) is 15.0. The molecule has 0 bridgehead atoms. The van der Waals surface area contributed by atoms with Crippen molar-refractivity contribution in [3.63, 3.8) is 0 Å². The van der Waals surface area contributed by atoms with E-state index in [2.05, 4.69) is 50.4 Å². The highest BCUT2D eigenvalue weighted by Gasteiger charge is 2.16. The van der Waals surface area contributed by atoms with E-state index in [9.17, 15) is 0 Å². The number of rotatable bonds is 7. The molecule has 2 heterocycles. The number of aryl methyl sites for hydroxylation is 2. The first-order valence-electron chi connectivity index (χ1n) is 8.28. The lowest BCUT2D eigenvalue weighted by atomic mass is 10.2. The number of ether oxygens (including phenoxy) is 1. The largest absolute Gasteiger partial charge is 0.383 e. The maximum Gasteiger partial charge on any atom is 0.142 e. The third kappa shape index (κ3) is 4.32. The number of nitrogens with zero attached hydrogens (tertiary/aromatic N) is 2. The Morgan fingerprint density at radius 2 is 1.96 bits per heavy atom. The summed E-state index contributed by atoms with van der Waals surface area (Å²) < 4.78 is 5.25. The van der Waals surface area contributed by atoms with Gasteiger partial charge in [0.15, 0.2) is 0 Å². The number of nitrogens with one attached hydrogen (secondary N) is 1. The lowest BCUT2D eigenvalue weighted by Gasteiger charge is -2.15. The summed E-state index contributed by atoms with van der Waals surface area (Å²) in [4.78, 5) is 13.2. The molecule has 2 aromatic heterocycles. The average Bonchev–Trinajstić information content (AvgIpc) is 2.88. The molecule has 3 rings (SSSR count). The van der Waals surface area contributed by atoms with Crippen LogP contribution in [0.1, 0.15) is 23.2 Å². The summed E-state index contributed by atoms with van der Waals surface area (Å²) >= 11 is 3.50. The van der Waals surface area contributed by atoms with Crippen LogP contribution in [0, 0.1) is 13.8 Å². The molecule has 0 radical (unpaired) electrons. The van der Waals surface area contributed by atoms with Crippen molar-refractivity contribution in [1.82, 2.24) is 9.97 Å². The first kappa shape index (κ1) is 18.2. The first-order chi connectivity index (χ1) is 12.1. The van der Waals surface area contributed by atoms with Crippen LogP contribution in [0.15, 0.2) is 35.2 Å². The molecule has 1 N–H and O–H groups in total. The quantitative estimate of drug-likeness (QED) is 0.587. The third-order valence-electron chi connectivity index (χ3n) is 3.99. The lowest BCUT2D eigenvalue weighted by Crippen LogP contribution is -2.22. The van der Waals surface area contributed by atoms with E-state index in [1.807, 2.05) is 6.07 Å². The summed E-state index contributed by atoms with van der Waals surface area (Å²) in [5.41, 5.74) is 1.26. The van der Waals surface area contributed by atoms with Crippen LogP contribution in [-0.4, -0.2) is 29.7 Å². The van der Waals surface area contributed by atoms with Gasteiger partial charge < -0.3 is 10.1 Å². The molecule has 0 aliphatic rings. The van der Waals surface area contributed by atoms with Gasteiger partial charge in [0.2, 0.25) is 0 Å². The van der Waals surface area contributed by atoms with Crippen molar-refractivity contribution in [2.45, 2.75) is 37.5 Å². The molecule has 0 saturated carbocycles. The van der Waals surface area contributed by atoms with Crippen LogP contribution >= 0.6 is 23.1 Å². The van der Waals surface area contributed by atoms with Crippen LogP contribution in [0.3, 0.4) is 0 Å². The van der Waals surface area contributed by atoms with Crippen molar-refractivity contribution in [2.24, 2.45) is 0 Å². The van der Waals surface area contributed by atoms with Crippen molar-refractivity contribution >= 4 is 39.1 Å². The molecule has 25 heavy (non-hydrogen) atoms. The van der Waals surface area contributed by atoms with Crippen molar-refractivity contribution in [3.8, 4) is 0 Å². The summed E-state index contributed by atoms with van der Waals surface area (Å²) in [5, 5.41) is 4.64. The fourth-order valence-corrected chi connectivity index (χ4v) is 4.47. The van der Waals surface area contributed by atoms with Crippen LogP contribution in [0.4, 0.5) is 5.82 Å². The fourth-order valence-electron chi connectivity index (χ4n) is 2.65. The topological polar surface area (TPSA) is 47.0 Å². The standard InChI is InChI=1S/C19H23N3OS2/c1-12(10-23-4)20-18-17-13(2)14(3)25-19(17)22-16(21-18)11-24-15-8-6-5-7-9-15/h5-9,12H,10-11H2,1-4H3,(H,20,21,22)/t12-/m1/s1. The number of hydrogen-bond donors (Lipinski definition) is 1. The molecule has 1 atom stereocenters. The highest BCUT2D eigenvalue weighted by molar-refractivity contribution is 7.98. The molecule has 0 saturated heterocycles. The van der Waals surface area contributed by atoms with Gasteiger partial charge in [-0.3, -0.25) is 0 Å². The predicted octanol–water partition coefficient (Wildman–Crippen LogP) is 5.05. The van der Waals surface area contributed by atoms with E-state index in [4.69, 9.17) is 14.7 Å². The zero-order chi connectivity index (χ0) is 17.8. The van der Waals surface area contributed by atoms with Gasteiger partial charge >= 0.3 is 0 Å². The van der Waals surface area contributed by atoms with E-state index >= 15 is 0 Å². The van der Waals surface area contributed by atoms with Crippen molar-refractivity contribution in [1.29, 1.82) is 0 Å². The zero-order valence-corrected chi connectivity index (χ0v) is 16.6. The predicted molar refractivity (Wildman–Crippen MR) is 108 cm³/mol. The fraction of sp³-hybridized carbons (Fsp3) is 0.368. The number of fused-ring (bicyclic) bond motifs is 1. The van der Waals surface area contributed by atoms with Crippen LogP contribution < -0.4 is 5.32 Å². The number of thioether (sulfide) groups is 1. The minimum atomic E-state index is 0.192. The Hall–Kier alpha value is -1.63. The average molecular weight is 374 g/mol. The van der Waals surface area contributed by atoms with E-state index in [1.54, 1.807) is 30.2 Å². The van der Waals surface area contributed by atoms with Crippen molar-refractivity contribution in [3.05, 3.63) is 46.6 Å². The minimum absolute atomic E-state index is 0.192. The maximum absolute atomic E-state index is 5.25. The Kier molecular flexibility index (Phi) is 5.93. The van der Waals surface area contributed by atoms with Gasteiger partial charge in [-0.1, -0.05) is 18.2 Å². The molecule has 0 spiro atoms. The number of anilines is 1. The Balaban J connectivity index is 1.91. The highest BCUT2D eigenvalue weighted by Crippen LogP contribution is 2.34. The second-order valence-corrected chi connectivity index (χ2v) is 8.31. The molecule has 1 aromatic carbocycles. The Bertz CT molecular complexity index is 849. The third-order valence-corrected chi connectivity index (χ3v) is 6.10. The van der Waals surface area contributed by atoms with Crippen LogP contribution in [0.25, 0.3) is 10.2 Å². The minimum Gasteiger partial charge on any atom is -0.383 e. The lowest BCUT2D eigenvalue weighted by molar-refractivity contribution is 0.190. The SMILES string of the molecule is COC[C@@H](C)Nc1nc(CSc2ccccc2)nc2sc(C)c(C)c12. The molecule has 0 unspecified atom stereocenters. The van der Waals surface area contributed by atoms with Gasteiger partial charge in [-0.2, -0.15) is 0 Å². The van der Waals surface area contributed by atoms with Crippen LogP contribution in [-0.2, 0) is 10.5 Å². The van der Waals surface area contributed by atoms with Crippen LogP contribution in [0.2, 0.25) is 0 Å². The Morgan fingerprint density at radius 1 is 1.20 bits per heavy atom. The van der Waals surface area contributed by atoms with E-state index in [-0.39, 0.29) is 6.04 Å². The second kappa shape index (κ2) is 8.17. The molecular formula is C19H23N3OS2. The van der Waals surface area contributed by atoms with Gasteiger partial charge in [0.05, 0.1) is 17.7 Å². The molecular weight excluding hydrogens is 350 g/mol. The highest BCUT2D eigenvalue weighted by atomic mass is 32.2. The van der Waals surface area contributed by atoms with E-state index in [0.29, 0.717) is 6.61 Å². The van der Waals surface area contributed by atoms with Gasteiger partial charge in [0, 0.05) is 22.9 Å². The summed E-state index contributed by atoms with van der Waals surface area (Å²) in [6.45, 7) is 7.02. The normalized spacial score (nSPS) is 12.5. The van der Waals surface area contributed by atoms with Gasteiger partial charge in [0.1, 0.15) is 16.5 Å². The van der Waals surface area contributed by atoms with E-state index in [1.165, 1.54) is 15.3 Å². The van der Waals surface area contributed by atoms with Crippen molar-refractivity contribution < 1.29 is 4.74 Å². The molecule has 3 aromatic rings. The summed E-state index contributed by atoms with van der Waals surface area (Å²) in [5.74, 6) is 2.53. The van der Waals surface area contributed by atoms with Gasteiger partial charge in [-0.25, -0.2) is 9.97 Å². The molecule has 132 valence electrons. The van der Waals surface area contributed by atoms with Gasteiger partial charge in [-0.05, 0) is 38.5 Å². The van der Waals surface area contributed by atoms with E-state index < -0.39 is 0 Å². The summed E-state index contributed by atoms with van der Waals surface area (Å²) in [7, 11) is 1.72. The molecule has 0 amide bonds.